The molecule has 1 aromatic carbocycles. The first kappa shape index (κ1) is 9.45. The third-order valence-corrected chi connectivity index (χ3v) is 2.95. The van der Waals surface area contributed by atoms with Gasteiger partial charge < -0.3 is 0 Å². The summed E-state index contributed by atoms with van der Waals surface area (Å²) in [4.78, 5) is 11.3. The second-order valence-corrected chi connectivity index (χ2v) is 4.19. The van der Waals surface area contributed by atoms with Crippen LogP contribution in [-0.4, -0.2) is 5.78 Å². The maximum Gasteiger partial charge on any atom is 0.133 e. The number of Topliss-reactive ketones (excluding diaryl/α,β-unsaturated/α-hetero) is 1. The summed E-state index contributed by atoms with van der Waals surface area (Å²) in [5.41, 5.74) is 1.37. The van der Waals surface area contributed by atoms with Crippen molar-refractivity contribution in [3.05, 3.63) is 35.9 Å². The Bertz CT molecular complexity index is 302. The van der Waals surface area contributed by atoms with Crippen molar-refractivity contribution in [2.75, 3.05) is 0 Å². The number of carbonyl (C=O) groups excluding carboxylic acids is 1. The van der Waals surface area contributed by atoms with Crippen molar-refractivity contribution in [3.8, 4) is 0 Å². The molecule has 0 saturated heterocycles. The van der Waals surface area contributed by atoms with Gasteiger partial charge in [0.15, 0.2) is 0 Å². The number of hydrogen-bond acceptors (Lipinski definition) is 1. The zero-order valence-electron chi connectivity index (χ0n) is 8.41. The Morgan fingerprint density at radius 3 is 2.71 bits per heavy atom. The first-order valence-corrected chi connectivity index (χ1v) is 5.40. The monoisotopic (exact) mass is 188 g/mol. The van der Waals surface area contributed by atoms with Gasteiger partial charge in [-0.25, -0.2) is 0 Å². The Balaban J connectivity index is 1.94. The highest BCUT2D eigenvalue weighted by atomic mass is 16.1. The second-order valence-electron chi connectivity index (χ2n) is 4.19. The van der Waals surface area contributed by atoms with E-state index < -0.39 is 0 Å². The van der Waals surface area contributed by atoms with E-state index in [1.807, 2.05) is 6.07 Å². The maximum absolute atomic E-state index is 11.3. The van der Waals surface area contributed by atoms with Crippen molar-refractivity contribution >= 4 is 5.78 Å². The van der Waals surface area contributed by atoms with Crippen LogP contribution in [-0.2, 0) is 11.2 Å². The lowest BCUT2D eigenvalue weighted by atomic mass is 9.84. The summed E-state index contributed by atoms with van der Waals surface area (Å²) in [6.45, 7) is 0. The summed E-state index contributed by atoms with van der Waals surface area (Å²) in [7, 11) is 0. The van der Waals surface area contributed by atoms with E-state index in [9.17, 15) is 4.79 Å². The van der Waals surface area contributed by atoms with E-state index in [1.165, 1.54) is 12.0 Å². The Morgan fingerprint density at radius 2 is 2.00 bits per heavy atom. The Hall–Kier alpha value is -1.11. The van der Waals surface area contributed by atoms with Crippen molar-refractivity contribution in [1.82, 2.24) is 0 Å². The molecule has 74 valence electrons. The topological polar surface area (TPSA) is 17.1 Å². The fraction of sp³-hybridized carbons (Fsp3) is 0.462. The van der Waals surface area contributed by atoms with E-state index in [1.54, 1.807) is 0 Å². The van der Waals surface area contributed by atoms with Gasteiger partial charge in [-0.05, 0) is 30.7 Å². The standard InChI is InChI=1S/C13H16O/c14-13-8-4-7-12(10-13)9-11-5-2-1-3-6-11/h1-3,5-6,12H,4,7-10H2/t12-/m0/s1. The van der Waals surface area contributed by atoms with Crippen LogP contribution in [0.1, 0.15) is 31.2 Å². The highest BCUT2D eigenvalue weighted by Crippen LogP contribution is 2.24. The largest absolute Gasteiger partial charge is 0.300 e. The highest BCUT2D eigenvalue weighted by Gasteiger charge is 2.19. The highest BCUT2D eigenvalue weighted by molar-refractivity contribution is 5.79. The minimum atomic E-state index is 0.456. The fourth-order valence-corrected chi connectivity index (χ4v) is 2.24. The lowest BCUT2D eigenvalue weighted by Crippen LogP contribution is -2.16. The summed E-state index contributed by atoms with van der Waals surface area (Å²) in [6, 6.07) is 10.5. The van der Waals surface area contributed by atoms with E-state index in [0.29, 0.717) is 11.7 Å². The van der Waals surface area contributed by atoms with Gasteiger partial charge in [-0.2, -0.15) is 0 Å². The maximum atomic E-state index is 11.3. The third kappa shape index (κ3) is 2.44. The molecule has 0 unspecified atom stereocenters. The quantitative estimate of drug-likeness (QED) is 0.697. The normalized spacial score (nSPS) is 22.3. The van der Waals surface area contributed by atoms with Crippen molar-refractivity contribution in [2.45, 2.75) is 32.1 Å². The first-order valence-electron chi connectivity index (χ1n) is 5.40. The minimum Gasteiger partial charge on any atom is -0.300 e. The van der Waals surface area contributed by atoms with Gasteiger partial charge in [0.1, 0.15) is 5.78 Å². The van der Waals surface area contributed by atoms with Crippen LogP contribution in [0.5, 0.6) is 0 Å². The SMILES string of the molecule is O=C1CCC[C@@H](Cc2ccccc2)C1. The number of benzene rings is 1. The molecule has 1 aliphatic carbocycles. The smallest absolute Gasteiger partial charge is 0.133 e. The Labute approximate surface area is 85.1 Å². The summed E-state index contributed by atoms with van der Waals surface area (Å²) >= 11 is 0. The molecule has 1 atom stereocenters. The molecule has 1 aliphatic rings. The van der Waals surface area contributed by atoms with Crippen LogP contribution in [0, 0.1) is 5.92 Å². The molecule has 1 fully saturated rings. The minimum absolute atomic E-state index is 0.456. The van der Waals surface area contributed by atoms with Gasteiger partial charge in [-0.15, -0.1) is 0 Å². The van der Waals surface area contributed by atoms with E-state index in [4.69, 9.17) is 0 Å². The molecule has 0 amide bonds. The lowest BCUT2D eigenvalue weighted by Gasteiger charge is -2.20. The third-order valence-electron chi connectivity index (χ3n) is 2.95. The molecule has 0 aliphatic heterocycles. The van der Waals surface area contributed by atoms with Crippen LogP contribution in [0.2, 0.25) is 0 Å². The lowest BCUT2D eigenvalue weighted by molar-refractivity contribution is -0.121. The summed E-state index contributed by atoms with van der Waals surface area (Å²) in [5.74, 6) is 1.05. The van der Waals surface area contributed by atoms with E-state index in [0.717, 1.165) is 25.7 Å². The Morgan fingerprint density at radius 1 is 1.21 bits per heavy atom. The van der Waals surface area contributed by atoms with Gasteiger partial charge in [-0.1, -0.05) is 30.3 Å². The molecule has 0 radical (unpaired) electrons. The van der Waals surface area contributed by atoms with Crippen LogP contribution >= 0.6 is 0 Å². The molecule has 1 aromatic rings. The average molecular weight is 188 g/mol. The molecule has 1 saturated carbocycles. The number of rotatable bonds is 2. The zero-order chi connectivity index (χ0) is 9.80. The van der Waals surface area contributed by atoms with E-state index in [-0.39, 0.29) is 0 Å². The van der Waals surface area contributed by atoms with Crippen LogP contribution in [0.3, 0.4) is 0 Å². The first-order chi connectivity index (χ1) is 6.84. The average Bonchev–Trinajstić information content (AvgIpc) is 2.19. The molecule has 0 N–H and O–H groups in total. The molecule has 1 nitrogen and oxygen atoms in total. The molecule has 0 heterocycles. The number of ketones is 1. The van der Waals surface area contributed by atoms with Crippen LogP contribution in [0.25, 0.3) is 0 Å². The van der Waals surface area contributed by atoms with Crippen molar-refractivity contribution in [2.24, 2.45) is 5.92 Å². The molecule has 2 rings (SSSR count). The van der Waals surface area contributed by atoms with Crippen LogP contribution in [0.15, 0.2) is 30.3 Å². The van der Waals surface area contributed by atoms with Gasteiger partial charge in [-0.3, -0.25) is 4.79 Å². The molecular formula is C13H16O. The number of hydrogen-bond donors (Lipinski definition) is 0. The predicted molar refractivity (Wildman–Crippen MR) is 57.1 cm³/mol. The molecule has 1 heteroatoms. The molecule has 14 heavy (non-hydrogen) atoms. The van der Waals surface area contributed by atoms with Crippen molar-refractivity contribution in [1.29, 1.82) is 0 Å². The molecule has 0 bridgehead atoms. The van der Waals surface area contributed by atoms with Crippen LogP contribution in [0.4, 0.5) is 0 Å². The summed E-state index contributed by atoms with van der Waals surface area (Å²) in [5, 5.41) is 0. The molecular weight excluding hydrogens is 172 g/mol. The van der Waals surface area contributed by atoms with Gasteiger partial charge in [0.2, 0.25) is 0 Å². The van der Waals surface area contributed by atoms with E-state index in [2.05, 4.69) is 24.3 Å². The molecule has 0 spiro atoms. The van der Waals surface area contributed by atoms with Gasteiger partial charge >= 0.3 is 0 Å². The predicted octanol–water partition coefficient (Wildman–Crippen LogP) is 2.99. The zero-order valence-corrected chi connectivity index (χ0v) is 8.41. The fourth-order valence-electron chi connectivity index (χ4n) is 2.24. The van der Waals surface area contributed by atoms with Crippen LogP contribution < -0.4 is 0 Å². The van der Waals surface area contributed by atoms with Gasteiger partial charge in [0, 0.05) is 12.8 Å². The van der Waals surface area contributed by atoms with Crippen molar-refractivity contribution < 1.29 is 4.79 Å². The van der Waals surface area contributed by atoms with E-state index >= 15 is 0 Å². The summed E-state index contributed by atoms with van der Waals surface area (Å²) < 4.78 is 0. The van der Waals surface area contributed by atoms with Gasteiger partial charge in [0.05, 0.1) is 0 Å². The Kier molecular flexibility index (Phi) is 2.97. The second kappa shape index (κ2) is 4.41. The summed E-state index contributed by atoms with van der Waals surface area (Å²) in [6.07, 6.45) is 5.00. The van der Waals surface area contributed by atoms with Gasteiger partial charge in [0.25, 0.3) is 0 Å². The molecule has 0 aromatic heterocycles. The number of carbonyl (C=O) groups is 1. The van der Waals surface area contributed by atoms with Crippen molar-refractivity contribution in [3.63, 3.8) is 0 Å².